The minimum Gasteiger partial charge on any atom is -0.0619 e. The Morgan fingerprint density at radius 1 is 1.25 bits per heavy atom. The summed E-state index contributed by atoms with van der Waals surface area (Å²) in [6, 6.07) is 6.80. The lowest BCUT2D eigenvalue weighted by atomic mass is 10.0. The lowest BCUT2D eigenvalue weighted by Crippen LogP contribution is -1.87. The fourth-order valence-corrected chi connectivity index (χ4v) is 1.91. The van der Waals surface area contributed by atoms with Crippen LogP contribution in [0.5, 0.6) is 0 Å². The zero-order valence-electron chi connectivity index (χ0n) is 8.09. The summed E-state index contributed by atoms with van der Waals surface area (Å²) in [6.45, 7) is 6.74. The maximum absolute atomic E-state index is 2.35. The van der Waals surface area contributed by atoms with E-state index in [1.807, 2.05) is 0 Å². The molecule has 0 nitrogen and oxygen atoms in total. The van der Waals surface area contributed by atoms with E-state index >= 15 is 0 Å². The number of aryl methyl sites for hydroxylation is 2. The molecule has 12 heavy (non-hydrogen) atoms. The molecular formula is C12H16. The van der Waals surface area contributed by atoms with Crippen molar-refractivity contribution in [2.24, 2.45) is 5.92 Å². The van der Waals surface area contributed by atoms with E-state index in [-0.39, 0.29) is 0 Å². The van der Waals surface area contributed by atoms with Crippen LogP contribution in [0, 0.1) is 19.8 Å². The van der Waals surface area contributed by atoms with Gasteiger partial charge in [0.2, 0.25) is 0 Å². The Morgan fingerprint density at radius 2 is 1.92 bits per heavy atom. The zero-order valence-corrected chi connectivity index (χ0v) is 8.09. The molecule has 1 fully saturated rings. The van der Waals surface area contributed by atoms with E-state index < -0.39 is 0 Å². The highest BCUT2D eigenvalue weighted by Crippen LogP contribution is 2.48. The number of hydrogen-bond donors (Lipinski definition) is 0. The van der Waals surface area contributed by atoms with E-state index in [2.05, 4.69) is 39.0 Å². The molecule has 0 radical (unpaired) electrons. The zero-order chi connectivity index (χ0) is 8.72. The van der Waals surface area contributed by atoms with Gasteiger partial charge in [0.1, 0.15) is 0 Å². The summed E-state index contributed by atoms with van der Waals surface area (Å²) in [5, 5.41) is 0. The van der Waals surface area contributed by atoms with Crippen LogP contribution in [0.2, 0.25) is 0 Å². The van der Waals surface area contributed by atoms with Gasteiger partial charge in [-0.1, -0.05) is 30.7 Å². The van der Waals surface area contributed by atoms with Crippen LogP contribution in [0.4, 0.5) is 0 Å². The highest BCUT2D eigenvalue weighted by atomic mass is 14.4. The fourth-order valence-electron chi connectivity index (χ4n) is 1.91. The summed E-state index contributed by atoms with van der Waals surface area (Å²) < 4.78 is 0. The van der Waals surface area contributed by atoms with Crippen molar-refractivity contribution in [3.63, 3.8) is 0 Å². The average molecular weight is 160 g/mol. The third-order valence-electron chi connectivity index (χ3n) is 2.94. The Hall–Kier alpha value is -0.780. The predicted octanol–water partition coefficient (Wildman–Crippen LogP) is 3.43. The van der Waals surface area contributed by atoms with Gasteiger partial charge in [-0.3, -0.25) is 0 Å². The largest absolute Gasteiger partial charge is 0.0619 e. The first-order valence-corrected chi connectivity index (χ1v) is 4.75. The minimum absolute atomic E-state index is 0.866. The Kier molecular flexibility index (Phi) is 1.71. The fraction of sp³-hybridized carbons (Fsp3) is 0.500. The molecule has 0 heteroatoms. The van der Waals surface area contributed by atoms with Crippen LogP contribution in [0.25, 0.3) is 0 Å². The van der Waals surface area contributed by atoms with Crippen molar-refractivity contribution in [3.8, 4) is 0 Å². The van der Waals surface area contributed by atoms with Gasteiger partial charge in [0.05, 0.1) is 0 Å². The third kappa shape index (κ3) is 1.26. The molecule has 2 rings (SSSR count). The summed E-state index contributed by atoms with van der Waals surface area (Å²) >= 11 is 0. The molecular weight excluding hydrogens is 144 g/mol. The molecule has 0 N–H and O–H groups in total. The number of rotatable bonds is 1. The van der Waals surface area contributed by atoms with Crippen molar-refractivity contribution in [2.75, 3.05) is 0 Å². The van der Waals surface area contributed by atoms with Gasteiger partial charge in [-0.15, -0.1) is 0 Å². The second-order valence-corrected chi connectivity index (χ2v) is 4.18. The van der Waals surface area contributed by atoms with Gasteiger partial charge in [0.25, 0.3) is 0 Å². The monoisotopic (exact) mass is 160 g/mol. The summed E-state index contributed by atoms with van der Waals surface area (Å²) in [4.78, 5) is 0. The highest BCUT2D eigenvalue weighted by Gasteiger charge is 2.34. The van der Waals surface area contributed by atoms with Crippen LogP contribution in [-0.2, 0) is 0 Å². The maximum atomic E-state index is 2.35. The van der Waals surface area contributed by atoms with Crippen molar-refractivity contribution in [2.45, 2.75) is 33.1 Å². The van der Waals surface area contributed by atoms with Crippen LogP contribution in [0.1, 0.15) is 36.0 Å². The van der Waals surface area contributed by atoms with Crippen molar-refractivity contribution in [1.82, 2.24) is 0 Å². The molecule has 0 saturated heterocycles. The van der Waals surface area contributed by atoms with Gasteiger partial charge < -0.3 is 0 Å². The minimum atomic E-state index is 0.866. The first-order valence-electron chi connectivity index (χ1n) is 4.75. The third-order valence-corrected chi connectivity index (χ3v) is 2.94. The predicted molar refractivity (Wildman–Crippen MR) is 52.4 cm³/mol. The molecule has 1 aliphatic carbocycles. The molecule has 2 atom stereocenters. The lowest BCUT2D eigenvalue weighted by molar-refractivity contribution is 0.907. The molecule has 1 aromatic rings. The molecule has 1 aromatic carbocycles. The Bertz CT molecular complexity index is 299. The second-order valence-electron chi connectivity index (χ2n) is 4.18. The van der Waals surface area contributed by atoms with E-state index in [4.69, 9.17) is 0 Å². The first kappa shape index (κ1) is 7.85. The SMILES string of the molecule is Cc1ccc(C)c(C2CC2C)c1. The standard InChI is InChI=1S/C12H16/c1-8-4-5-9(2)11(6-8)12-7-10(12)3/h4-6,10,12H,7H2,1-3H3. The molecule has 64 valence electrons. The smallest absolute Gasteiger partial charge is 0.0131 e. The molecule has 0 heterocycles. The van der Waals surface area contributed by atoms with E-state index in [0.717, 1.165) is 11.8 Å². The molecule has 2 unspecified atom stereocenters. The topological polar surface area (TPSA) is 0 Å². The van der Waals surface area contributed by atoms with Crippen LogP contribution in [-0.4, -0.2) is 0 Å². The van der Waals surface area contributed by atoms with E-state index in [0.29, 0.717) is 0 Å². The maximum Gasteiger partial charge on any atom is -0.0131 e. The van der Waals surface area contributed by atoms with Crippen molar-refractivity contribution in [3.05, 3.63) is 34.9 Å². The van der Waals surface area contributed by atoms with Gasteiger partial charge >= 0.3 is 0 Å². The first-order chi connectivity index (χ1) is 5.68. The van der Waals surface area contributed by atoms with Crippen LogP contribution >= 0.6 is 0 Å². The second kappa shape index (κ2) is 2.62. The van der Waals surface area contributed by atoms with Gasteiger partial charge in [-0.05, 0) is 43.2 Å². The molecule has 0 amide bonds. The number of hydrogen-bond acceptors (Lipinski definition) is 0. The lowest BCUT2D eigenvalue weighted by Gasteiger charge is -2.05. The van der Waals surface area contributed by atoms with Gasteiger partial charge in [0, 0.05) is 0 Å². The normalized spacial score (nSPS) is 27.2. The van der Waals surface area contributed by atoms with Crippen molar-refractivity contribution < 1.29 is 0 Å². The van der Waals surface area contributed by atoms with Gasteiger partial charge in [0.15, 0.2) is 0 Å². The Balaban J connectivity index is 2.36. The van der Waals surface area contributed by atoms with Crippen LogP contribution in [0.3, 0.4) is 0 Å². The van der Waals surface area contributed by atoms with E-state index in [1.165, 1.54) is 17.5 Å². The molecule has 0 aliphatic heterocycles. The van der Waals surface area contributed by atoms with Gasteiger partial charge in [-0.2, -0.15) is 0 Å². The van der Waals surface area contributed by atoms with Crippen LogP contribution < -0.4 is 0 Å². The Morgan fingerprint density at radius 3 is 2.50 bits per heavy atom. The summed E-state index contributed by atoms with van der Waals surface area (Å²) in [5.41, 5.74) is 4.45. The van der Waals surface area contributed by atoms with Crippen LogP contribution in [0.15, 0.2) is 18.2 Å². The molecule has 0 aromatic heterocycles. The average Bonchev–Trinajstić information content (AvgIpc) is 2.73. The molecule has 1 saturated carbocycles. The summed E-state index contributed by atoms with van der Waals surface area (Å²) in [7, 11) is 0. The summed E-state index contributed by atoms with van der Waals surface area (Å²) in [6.07, 6.45) is 1.39. The van der Waals surface area contributed by atoms with Gasteiger partial charge in [-0.25, -0.2) is 0 Å². The molecule has 1 aliphatic rings. The molecule has 0 bridgehead atoms. The number of benzene rings is 1. The van der Waals surface area contributed by atoms with Crippen molar-refractivity contribution in [1.29, 1.82) is 0 Å². The quantitative estimate of drug-likeness (QED) is 0.590. The van der Waals surface area contributed by atoms with E-state index in [1.54, 1.807) is 5.56 Å². The molecule has 0 spiro atoms. The van der Waals surface area contributed by atoms with E-state index in [9.17, 15) is 0 Å². The Labute approximate surface area is 74.6 Å². The van der Waals surface area contributed by atoms with Crippen molar-refractivity contribution >= 4 is 0 Å². The summed E-state index contributed by atoms with van der Waals surface area (Å²) in [5.74, 6) is 1.79. The highest BCUT2D eigenvalue weighted by molar-refractivity contribution is 5.36.